The molecular weight excluding hydrogens is 296 g/mol. The van der Waals surface area contributed by atoms with Crippen molar-refractivity contribution in [1.29, 1.82) is 0 Å². The zero-order chi connectivity index (χ0) is 16.4. The molecule has 2 heterocycles. The Kier molecular flexibility index (Phi) is 4.63. The maximum absolute atomic E-state index is 12.6. The number of rotatable bonds is 5. The summed E-state index contributed by atoms with van der Waals surface area (Å²) in [4.78, 5) is 26.5. The summed E-state index contributed by atoms with van der Waals surface area (Å²) in [6.07, 6.45) is -2.23. The van der Waals surface area contributed by atoms with Gasteiger partial charge in [-0.1, -0.05) is 44.2 Å². The number of amides is 2. The minimum Gasteiger partial charge on any atom is -0.353 e. The van der Waals surface area contributed by atoms with E-state index in [1.54, 1.807) is 4.90 Å². The first-order valence-electron chi connectivity index (χ1n) is 7.96. The molecule has 2 bridgehead atoms. The molecule has 2 amide bonds. The highest BCUT2D eigenvalue weighted by Crippen LogP contribution is 2.28. The quantitative estimate of drug-likeness (QED) is 0.876. The third-order valence-corrected chi connectivity index (χ3v) is 3.96. The summed E-state index contributed by atoms with van der Waals surface area (Å²) in [6.45, 7) is 5.42. The number of ether oxygens (including phenoxy) is 2. The average Bonchev–Trinajstić information content (AvgIpc) is 2.90. The molecule has 0 radical (unpaired) electrons. The molecule has 1 N–H and O–H groups in total. The molecule has 0 unspecified atom stereocenters. The molecule has 6 nitrogen and oxygen atoms in total. The van der Waals surface area contributed by atoms with E-state index in [4.69, 9.17) is 9.47 Å². The van der Waals surface area contributed by atoms with Gasteiger partial charge in [-0.25, -0.2) is 0 Å². The Labute approximate surface area is 135 Å². The minimum absolute atomic E-state index is 0.188. The first-order chi connectivity index (χ1) is 11.0. The van der Waals surface area contributed by atoms with E-state index in [1.807, 2.05) is 44.2 Å². The van der Waals surface area contributed by atoms with Crippen molar-refractivity contribution in [2.24, 2.45) is 5.92 Å². The van der Waals surface area contributed by atoms with Gasteiger partial charge in [-0.15, -0.1) is 0 Å². The van der Waals surface area contributed by atoms with Crippen molar-refractivity contribution in [1.82, 2.24) is 10.2 Å². The zero-order valence-corrected chi connectivity index (χ0v) is 13.4. The monoisotopic (exact) mass is 318 g/mol. The van der Waals surface area contributed by atoms with Gasteiger partial charge in [0.05, 0.1) is 6.54 Å². The summed E-state index contributed by atoms with van der Waals surface area (Å²) in [5.41, 5.74) is 1.04. The van der Waals surface area contributed by atoms with Crippen molar-refractivity contribution in [3.63, 3.8) is 0 Å². The number of nitrogens with one attached hydrogen (secondary N) is 1. The van der Waals surface area contributed by atoms with Crippen molar-refractivity contribution in [3.8, 4) is 0 Å². The Morgan fingerprint density at radius 2 is 2.04 bits per heavy atom. The zero-order valence-electron chi connectivity index (χ0n) is 13.4. The fraction of sp³-hybridized carbons (Fsp3) is 0.529. The summed E-state index contributed by atoms with van der Waals surface area (Å²) in [6, 6.07) is 9.75. The molecule has 1 aromatic rings. The fourth-order valence-corrected chi connectivity index (χ4v) is 2.78. The van der Waals surface area contributed by atoms with Crippen LogP contribution in [0, 0.1) is 5.92 Å². The van der Waals surface area contributed by atoms with Crippen molar-refractivity contribution < 1.29 is 19.1 Å². The van der Waals surface area contributed by atoms with Gasteiger partial charge in [0.1, 0.15) is 0 Å². The lowest BCUT2D eigenvalue weighted by Gasteiger charge is -2.30. The van der Waals surface area contributed by atoms with Gasteiger partial charge in [-0.05, 0) is 11.5 Å². The van der Waals surface area contributed by atoms with Gasteiger partial charge in [-0.3, -0.25) is 9.59 Å². The van der Waals surface area contributed by atoms with Crippen LogP contribution in [0.5, 0.6) is 0 Å². The maximum atomic E-state index is 12.6. The van der Waals surface area contributed by atoms with Crippen molar-refractivity contribution in [2.45, 2.75) is 38.9 Å². The molecule has 0 aromatic heterocycles. The summed E-state index contributed by atoms with van der Waals surface area (Å²) in [5.74, 6) is -0.126. The first kappa shape index (κ1) is 16.0. The lowest BCUT2D eigenvalue weighted by Crippen LogP contribution is -2.51. The Hall–Kier alpha value is -1.92. The molecule has 3 atom stereocenters. The highest BCUT2D eigenvalue weighted by atomic mass is 16.7. The van der Waals surface area contributed by atoms with Crippen LogP contribution >= 0.6 is 0 Å². The number of carbonyl (C=O) groups excluding carboxylic acids is 2. The topological polar surface area (TPSA) is 67.9 Å². The molecule has 0 saturated carbocycles. The van der Waals surface area contributed by atoms with Gasteiger partial charge in [0.15, 0.2) is 18.5 Å². The van der Waals surface area contributed by atoms with Crippen LogP contribution in [0.3, 0.4) is 0 Å². The van der Waals surface area contributed by atoms with E-state index in [0.29, 0.717) is 25.6 Å². The van der Waals surface area contributed by atoms with Gasteiger partial charge in [0.25, 0.3) is 11.8 Å². The highest BCUT2D eigenvalue weighted by Gasteiger charge is 2.50. The van der Waals surface area contributed by atoms with E-state index < -0.39 is 18.5 Å². The van der Waals surface area contributed by atoms with Gasteiger partial charge < -0.3 is 19.7 Å². The lowest BCUT2D eigenvalue weighted by molar-refractivity contribution is -0.162. The van der Waals surface area contributed by atoms with Gasteiger partial charge >= 0.3 is 0 Å². The SMILES string of the molecule is CC(C)CNC(=O)[C@@H]1O[C@H]2CN(Cc3ccccc3)C(=O)[C@@H]1O2. The molecule has 3 rings (SSSR count). The van der Waals surface area contributed by atoms with Crippen LogP contribution in [-0.2, 0) is 25.6 Å². The smallest absolute Gasteiger partial charge is 0.255 e. The van der Waals surface area contributed by atoms with Crippen molar-refractivity contribution in [2.75, 3.05) is 13.1 Å². The summed E-state index contributed by atoms with van der Waals surface area (Å²) >= 11 is 0. The second-order valence-electron chi connectivity index (χ2n) is 6.39. The second-order valence-corrected chi connectivity index (χ2v) is 6.39. The van der Waals surface area contributed by atoms with Crippen LogP contribution in [0.2, 0.25) is 0 Å². The number of benzene rings is 1. The van der Waals surface area contributed by atoms with Gasteiger partial charge in [0, 0.05) is 13.1 Å². The minimum atomic E-state index is -0.855. The van der Waals surface area contributed by atoms with Crippen LogP contribution in [0.25, 0.3) is 0 Å². The molecule has 0 spiro atoms. The predicted octanol–water partition coefficient (Wildman–Crippen LogP) is 0.911. The molecule has 0 aliphatic carbocycles. The van der Waals surface area contributed by atoms with Crippen molar-refractivity contribution >= 4 is 11.8 Å². The average molecular weight is 318 g/mol. The number of morpholine rings is 1. The van der Waals surface area contributed by atoms with E-state index in [-0.39, 0.29) is 11.8 Å². The fourth-order valence-electron chi connectivity index (χ4n) is 2.78. The van der Waals surface area contributed by atoms with E-state index in [0.717, 1.165) is 5.56 Å². The van der Waals surface area contributed by atoms with Crippen LogP contribution < -0.4 is 5.32 Å². The molecule has 1 aromatic carbocycles. The molecule has 2 aliphatic rings. The maximum Gasteiger partial charge on any atom is 0.255 e. The standard InChI is InChI=1S/C17H22N2O4/c1-11(2)8-18-16(20)14-15-17(21)19(10-13(22-14)23-15)9-12-6-4-3-5-7-12/h3-7,11,13-15H,8-10H2,1-2H3,(H,18,20)/t13-,14-,15-/m1/s1. The Morgan fingerprint density at radius 1 is 1.30 bits per heavy atom. The molecule has 2 fully saturated rings. The van der Waals surface area contributed by atoms with Gasteiger partial charge in [-0.2, -0.15) is 0 Å². The van der Waals surface area contributed by atoms with E-state index >= 15 is 0 Å². The number of nitrogens with zero attached hydrogens (tertiary/aromatic N) is 1. The van der Waals surface area contributed by atoms with Crippen LogP contribution in [0.1, 0.15) is 19.4 Å². The second kappa shape index (κ2) is 6.68. The summed E-state index contributed by atoms with van der Waals surface area (Å²) < 4.78 is 11.2. The Morgan fingerprint density at radius 3 is 2.74 bits per heavy atom. The molecule has 2 aliphatic heterocycles. The summed E-state index contributed by atoms with van der Waals surface area (Å²) in [7, 11) is 0. The molecule has 23 heavy (non-hydrogen) atoms. The van der Waals surface area contributed by atoms with Crippen LogP contribution in [0.4, 0.5) is 0 Å². The van der Waals surface area contributed by atoms with E-state index in [1.165, 1.54) is 0 Å². The number of hydrogen-bond donors (Lipinski definition) is 1. The first-order valence-corrected chi connectivity index (χ1v) is 7.96. The summed E-state index contributed by atoms with van der Waals surface area (Å²) in [5, 5.41) is 2.81. The number of carbonyl (C=O) groups is 2. The van der Waals surface area contributed by atoms with E-state index in [2.05, 4.69) is 5.32 Å². The largest absolute Gasteiger partial charge is 0.353 e. The van der Waals surface area contributed by atoms with E-state index in [9.17, 15) is 9.59 Å². The number of hydrogen-bond acceptors (Lipinski definition) is 4. The molecular formula is C17H22N2O4. The van der Waals surface area contributed by atoms with Crippen LogP contribution in [0.15, 0.2) is 30.3 Å². The normalized spacial score (nSPS) is 26.7. The van der Waals surface area contributed by atoms with Crippen molar-refractivity contribution in [3.05, 3.63) is 35.9 Å². The number of fused-ring (bicyclic) bond motifs is 2. The highest BCUT2D eigenvalue weighted by molar-refractivity contribution is 5.92. The van der Waals surface area contributed by atoms with Gasteiger partial charge in [0.2, 0.25) is 0 Å². The Balaban J connectivity index is 1.65. The molecule has 2 saturated heterocycles. The lowest BCUT2D eigenvalue weighted by atomic mass is 10.1. The Bertz CT molecular complexity index is 575. The molecule has 6 heteroatoms. The third kappa shape index (κ3) is 3.54. The predicted molar refractivity (Wildman–Crippen MR) is 83.2 cm³/mol. The molecule has 124 valence electrons. The third-order valence-electron chi connectivity index (χ3n) is 3.96. The van der Waals surface area contributed by atoms with Crippen LogP contribution in [-0.4, -0.2) is 48.3 Å².